The molecule has 0 aromatic heterocycles. The molecule has 1 amide bonds. The highest BCUT2D eigenvalue weighted by Gasteiger charge is 2.39. The van der Waals surface area contributed by atoms with E-state index in [0.29, 0.717) is 0 Å². The van der Waals surface area contributed by atoms with Gasteiger partial charge in [0.1, 0.15) is 0 Å². The lowest BCUT2D eigenvalue weighted by Gasteiger charge is -2.15. The standard InChI is InChI=1S/C6H10FNO3/c7-6(4-9)1-2-8(3-6)5(10)11/h9H,1-4H2,(H,10,11)/t6-/m1/s1. The van der Waals surface area contributed by atoms with E-state index >= 15 is 0 Å². The fourth-order valence-corrected chi connectivity index (χ4v) is 1.13. The summed E-state index contributed by atoms with van der Waals surface area (Å²) in [5.41, 5.74) is -1.71. The Morgan fingerprint density at radius 1 is 1.73 bits per heavy atom. The Kier molecular flexibility index (Phi) is 1.99. The van der Waals surface area contributed by atoms with Crippen LogP contribution in [0.2, 0.25) is 0 Å². The maximum Gasteiger partial charge on any atom is 0.407 e. The predicted molar refractivity (Wildman–Crippen MR) is 35.1 cm³/mol. The van der Waals surface area contributed by atoms with Crippen LogP contribution in [0, 0.1) is 0 Å². The Morgan fingerprint density at radius 2 is 2.36 bits per heavy atom. The van der Waals surface area contributed by atoms with Crippen LogP contribution in [0.3, 0.4) is 0 Å². The van der Waals surface area contributed by atoms with Crippen molar-refractivity contribution in [1.82, 2.24) is 4.90 Å². The summed E-state index contributed by atoms with van der Waals surface area (Å²) in [5.74, 6) is 0. The number of halogens is 1. The Labute approximate surface area is 63.2 Å². The lowest BCUT2D eigenvalue weighted by Crippen LogP contribution is -2.34. The molecule has 1 saturated heterocycles. The van der Waals surface area contributed by atoms with Crippen molar-refractivity contribution in [1.29, 1.82) is 0 Å². The van der Waals surface area contributed by atoms with E-state index in [1.807, 2.05) is 0 Å². The summed E-state index contributed by atoms with van der Waals surface area (Å²) in [5, 5.41) is 16.9. The Balaban J connectivity index is 2.53. The zero-order valence-corrected chi connectivity index (χ0v) is 5.96. The number of hydrogen-bond donors (Lipinski definition) is 2. The average Bonchev–Trinajstić information content (AvgIpc) is 2.33. The van der Waals surface area contributed by atoms with Gasteiger partial charge in [-0.25, -0.2) is 9.18 Å². The molecule has 0 aliphatic carbocycles. The normalized spacial score (nSPS) is 30.9. The summed E-state index contributed by atoms with van der Waals surface area (Å²) in [6.07, 6.45) is -1.03. The molecule has 11 heavy (non-hydrogen) atoms. The van der Waals surface area contributed by atoms with Crippen molar-refractivity contribution >= 4 is 6.09 Å². The van der Waals surface area contributed by atoms with Gasteiger partial charge >= 0.3 is 6.09 Å². The van der Waals surface area contributed by atoms with Gasteiger partial charge in [0.25, 0.3) is 0 Å². The lowest BCUT2D eigenvalue weighted by molar-refractivity contribution is 0.0761. The monoisotopic (exact) mass is 163 g/mol. The Bertz CT molecular complexity index is 175. The average molecular weight is 163 g/mol. The highest BCUT2D eigenvalue weighted by atomic mass is 19.1. The van der Waals surface area contributed by atoms with Crippen LogP contribution in [0.15, 0.2) is 0 Å². The van der Waals surface area contributed by atoms with Crippen LogP contribution in [-0.2, 0) is 0 Å². The van der Waals surface area contributed by atoms with E-state index in [1.165, 1.54) is 0 Å². The van der Waals surface area contributed by atoms with Crippen molar-refractivity contribution in [2.75, 3.05) is 19.7 Å². The van der Waals surface area contributed by atoms with Crippen LogP contribution in [0.1, 0.15) is 6.42 Å². The second-order valence-electron chi connectivity index (χ2n) is 2.76. The van der Waals surface area contributed by atoms with Crippen molar-refractivity contribution < 1.29 is 19.4 Å². The SMILES string of the molecule is O=C(O)N1CC[C@](F)(CO)C1. The van der Waals surface area contributed by atoms with Gasteiger partial charge in [0.15, 0.2) is 5.67 Å². The summed E-state index contributed by atoms with van der Waals surface area (Å²) in [6.45, 7) is -0.637. The van der Waals surface area contributed by atoms with Gasteiger partial charge in [0, 0.05) is 13.0 Å². The Hall–Kier alpha value is -0.840. The fraction of sp³-hybridized carbons (Fsp3) is 0.833. The number of aliphatic hydroxyl groups is 1. The molecule has 0 aromatic carbocycles. The molecule has 0 aromatic rings. The second kappa shape index (κ2) is 2.65. The number of nitrogens with zero attached hydrogens (tertiary/aromatic N) is 1. The summed E-state index contributed by atoms with van der Waals surface area (Å²) in [7, 11) is 0. The number of amides is 1. The molecular formula is C6H10FNO3. The first kappa shape index (κ1) is 8.26. The van der Waals surface area contributed by atoms with Gasteiger partial charge in [-0.2, -0.15) is 0 Å². The number of hydrogen-bond acceptors (Lipinski definition) is 2. The highest BCUT2D eigenvalue weighted by Crippen LogP contribution is 2.24. The third-order valence-electron chi connectivity index (χ3n) is 1.86. The first-order valence-electron chi connectivity index (χ1n) is 3.35. The number of carboxylic acid groups (broad SMARTS) is 1. The molecule has 0 radical (unpaired) electrons. The van der Waals surface area contributed by atoms with Crippen LogP contribution < -0.4 is 0 Å². The van der Waals surface area contributed by atoms with E-state index in [4.69, 9.17) is 10.2 Å². The lowest BCUT2D eigenvalue weighted by atomic mass is 10.1. The summed E-state index contributed by atoms with van der Waals surface area (Å²) < 4.78 is 13.1. The first-order valence-corrected chi connectivity index (χ1v) is 3.35. The minimum atomic E-state index is -1.71. The van der Waals surface area contributed by atoms with Crippen LogP contribution in [0.25, 0.3) is 0 Å². The first-order chi connectivity index (χ1) is 5.07. The molecule has 1 aliphatic rings. The molecule has 2 N–H and O–H groups in total. The summed E-state index contributed by atoms with van der Waals surface area (Å²) >= 11 is 0. The van der Waals surface area contributed by atoms with Crippen molar-refractivity contribution in [3.05, 3.63) is 0 Å². The molecule has 1 rings (SSSR count). The third kappa shape index (κ3) is 1.59. The van der Waals surface area contributed by atoms with Crippen molar-refractivity contribution in [2.45, 2.75) is 12.1 Å². The van der Waals surface area contributed by atoms with Gasteiger partial charge < -0.3 is 15.1 Å². The molecule has 1 fully saturated rings. The molecule has 0 spiro atoms. The molecule has 0 unspecified atom stereocenters. The third-order valence-corrected chi connectivity index (χ3v) is 1.86. The Morgan fingerprint density at radius 3 is 2.64 bits per heavy atom. The van der Waals surface area contributed by atoms with Crippen molar-refractivity contribution in [3.8, 4) is 0 Å². The van der Waals surface area contributed by atoms with Crippen LogP contribution in [0.4, 0.5) is 9.18 Å². The van der Waals surface area contributed by atoms with Gasteiger partial charge in [0.2, 0.25) is 0 Å². The maximum absolute atomic E-state index is 13.1. The smallest absolute Gasteiger partial charge is 0.407 e. The van der Waals surface area contributed by atoms with Gasteiger partial charge in [-0.05, 0) is 0 Å². The van der Waals surface area contributed by atoms with E-state index < -0.39 is 18.4 Å². The highest BCUT2D eigenvalue weighted by molar-refractivity contribution is 5.65. The molecular weight excluding hydrogens is 153 g/mol. The topological polar surface area (TPSA) is 60.8 Å². The predicted octanol–water partition coefficient (Wildman–Crippen LogP) is 0.0707. The van der Waals surface area contributed by atoms with E-state index in [0.717, 1.165) is 4.90 Å². The number of rotatable bonds is 1. The molecule has 5 heteroatoms. The van der Waals surface area contributed by atoms with Crippen molar-refractivity contribution in [2.24, 2.45) is 0 Å². The maximum atomic E-state index is 13.1. The van der Waals surface area contributed by atoms with Crippen LogP contribution in [-0.4, -0.2) is 46.6 Å². The summed E-state index contributed by atoms with van der Waals surface area (Å²) in [4.78, 5) is 11.3. The molecule has 0 saturated carbocycles. The van der Waals surface area contributed by atoms with E-state index in [9.17, 15) is 9.18 Å². The van der Waals surface area contributed by atoms with E-state index in [2.05, 4.69) is 0 Å². The van der Waals surface area contributed by atoms with Crippen molar-refractivity contribution in [3.63, 3.8) is 0 Å². The molecule has 64 valence electrons. The zero-order valence-electron chi connectivity index (χ0n) is 5.96. The van der Waals surface area contributed by atoms with Gasteiger partial charge in [-0.1, -0.05) is 0 Å². The van der Waals surface area contributed by atoms with E-state index in [1.54, 1.807) is 0 Å². The van der Waals surface area contributed by atoms with Gasteiger partial charge in [-0.15, -0.1) is 0 Å². The molecule has 1 atom stereocenters. The number of likely N-dealkylation sites (tertiary alicyclic amines) is 1. The molecule has 1 heterocycles. The summed E-state index contributed by atoms with van der Waals surface area (Å²) in [6, 6.07) is 0. The quantitative estimate of drug-likeness (QED) is 0.575. The molecule has 4 nitrogen and oxygen atoms in total. The second-order valence-corrected chi connectivity index (χ2v) is 2.76. The minimum absolute atomic E-state index is 0.0931. The van der Waals surface area contributed by atoms with Gasteiger partial charge in [-0.3, -0.25) is 0 Å². The molecule has 0 bridgehead atoms. The molecule has 1 aliphatic heterocycles. The van der Waals surface area contributed by atoms with Crippen LogP contribution in [0.5, 0.6) is 0 Å². The number of aliphatic hydroxyl groups excluding tert-OH is 1. The zero-order chi connectivity index (χ0) is 8.48. The van der Waals surface area contributed by atoms with Gasteiger partial charge in [0.05, 0.1) is 13.2 Å². The minimum Gasteiger partial charge on any atom is -0.465 e. The number of alkyl halides is 1. The van der Waals surface area contributed by atoms with E-state index in [-0.39, 0.29) is 19.5 Å². The largest absolute Gasteiger partial charge is 0.465 e. The number of carbonyl (C=O) groups is 1. The fourth-order valence-electron chi connectivity index (χ4n) is 1.13. The van der Waals surface area contributed by atoms with Crippen LogP contribution >= 0.6 is 0 Å².